The number of amides is 1. The van der Waals surface area contributed by atoms with Gasteiger partial charge in [0.1, 0.15) is 5.76 Å². The maximum atomic E-state index is 13.7. The molecule has 0 aliphatic carbocycles. The number of aromatic nitrogens is 1. The summed E-state index contributed by atoms with van der Waals surface area (Å²) in [7, 11) is -3.58. The third-order valence-corrected chi connectivity index (χ3v) is 9.88. The van der Waals surface area contributed by atoms with Crippen LogP contribution in [0.4, 0.5) is 5.13 Å². The number of anilines is 1. The second-order valence-electron chi connectivity index (χ2n) is 9.43. The van der Waals surface area contributed by atoms with Crippen LogP contribution in [-0.4, -0.2) is 36.7 Å². The minimum Gasteiger partial charge on any atom is -0.467 e. The van der Waals surface area contributed by atoms with Gasteiger partial charge >= 0.3 is 0 Å². The molecule has 7 nitrogen and oxygen atoms in total. The van der Waals surface area contributed by atoms with Crippen LogP contribution in [0.1, 0.15) is 47.0 Å². The molecule has 0 radical (unpaired) electrons. The van der Waals surface area contributed by atoms with Gasteiger partial charge in [-0.1, -0.05) is 24.3 Å². The maximum Gasteiger partial charge on any atom is 0.260 e. The smallest absolute Gasteiger partial charge is 0.260 e. The molecule has 0 N–H and O–H groups in total. The number of benzene rings is 2. The molecule has 1 amide bonds. The molecule has 0 bridgehead atoms. The van der Waals surface area contributed by atoms with E-state index in [9.17, 15) is 13.2 Å². The van der Waals surface area contributed by atoms with E-state index in [4.69, 9.17) is 9.40 Å². The predicted octanol–water partition coefficient (Wildman–Crippen LogP) is 5.77. The quantitative estimate of drug-likeness (QED) is 0.320. The minimum absolute atomic E-state index is 0.206. The molecule has 0 unspecified atom stereocenters. The first-order valence-corrected chi connectivity index (χ1v) is 14.3. The van der Waals surface area contributed by atoms with Crippen LogP contribution < -0.4 is 4.90 Å². The van der Waals surface area contributed by atoms with Crippen LogP contribution >= 0.6 is 11.3 Å². The van der Waals surface area contributed by atoms with E-state index < -0.39 is 10.0 Å². The van der Waals surface area contributed by atoms with Crippen molar-refractivity contribution in [2.75, 3.05) is 18.0 Å². The van der Waals surface area contributed by atoms with Crippen molar-refractivity contribution < 1.29 is 17.6 Å². The molecule has 4 aromatic rings. The van der Waals surface area contributed by atoms with Gasteiger partial charge in [-0.15, -0.1) is 0 Å². The zero-order valence-corrected chi connectivity index (χ0v) is 22.2. The number of carbonyl (C=O) groups is 1. The minimum atomic E-state index is -3.58. The van der Waals surface area contributed by atoms with Gasteiger partial charge in [0.15, 0.2) is 5.13 Å². The Hall–Kier alpha value is -3.01. The highest BCUT2D eigenvalue weighted by molar-refractivity contribution is 7.89. The number of carbonyl (C=O) groups excluding carboxylic acids is 1. The van der Waals surface area contributed by atoms with Crippen LogP contribution in [0.2, 0.25) is 0 Å². The van der Waals surface area contributed by atoms with Gasteiger partial charge in [-0.25, -0.2) is 13.4 Å². The second kappa shape index (κ2) is 9.80. The third-order valence-electron chi connectivity index (χ3n) is 6.93. The fourth-order valence-electron chi connectivity index (χ4n) is 4.41. The van der Waals surface area contributed by atoms with Crippen LogP contribution in [0.25, 0.3) is 10.2 Å². The molecule has 5 rings (SSSR count). The summed E-state index contributed by atoms with van der Waals surface area (Å²) in [4.78, 5) is 20.3. The highest BCUT2D eigenvalue weighted by Crippen LogP contribution is 2.34. The summed E-state index contributed by atoms with van der Waals surface area (Å²) in [5.74, 6) is 0.899. The average Bonchev–Trinajstić information content (AvgIpc) is 3.55. The number of hydrogen-bond donors (Lipinski definition) is 0. The summed E-state index contributed by atoms with van der Waals surface area (Å²) < 4.78 is 34.3. The van der Waals surface area contributed by atoms with E-state index in [1.807, 2.05) is 26.0 Å². The van der Waals surface area contributed by atoms with Crippen molar-refractivity contribution in [1.82, 2.24) is 9.29 Å². The summed E-state index contributed by atoms with van der Waals surface area (Å²) in [6.45, 7) is 7.49. The lowest BCUT2D eigenvalue weighted by atomic mass is 10.0. The van der Waals surface area contributed by atoms with E-state index in [1.165, 1.54) is 23.5 Å². The van der Waals surface area contributed by atoms with E-state index in [0.717, 1.165) is 34.2 Å². The molecule has 1 fully saturated rings. The highest BCUT2D eigenvalue weighted by Gasteiger charge is 2.29. The Morgan fingerprint density at radius 1 is 1.11 bits per heavy atom. The average molecular weight is 524 g/mol. The standard InChI is InChI=1S/C27H29N3O4S2/c1-18-12-14-29(15-13-18)36(32,33)23-9-7-21(8-10-23)26(31)30(17-22-5-4-16-34-22)27-28-25-20(3)19(2)6-11-24(25)35-27/h4-11,16,18H,12-15,17H2,1-3H3. The topological polar surface area (TPSA) is 83.7 Å². The molecular formula is C27H29N3O4S2. The first-order chi connectivity index (χ1) is 17.2. The van der Waals surface area contributed by atoms with Gasteiger partial charge in [0.25, 0.3) is 5.91 Å². The van der Waals surface area contributed by atoms with Gasteiger partial charge in [0, 0.05) is 18.7 Å². The molecule has 1 aliphatic rings. The van der Waals surface area contributed by atoms with Crippen LogP contribution in [0.15, 0.2) is 64.1 Å². The largest absolute Gasteiger partial charge is 0.467 e. The number of fused-ring (bicyclic) bond motifs is 1. The molecule has 1 saturated heterocycles. The molecule has 0 spiro atoms. The van der Waals surface area contributed by atoms with Crippen molar-refractivity contribution >= 4 is 42.6 Å². The van der Waals surface area contributed by atoms with Crippen LogP contribution in [0, 0.1) is 19.8 Å². The molecule has 0 atom stereocenters. The van der Waals surface area contributed by atoms with Crippen LogP contribution in [0.5, 0.6) is 0 Å². The van der Waals surface area contributed by atoms with Crippen molar-refractivity contribution in [3.63, 3.8) is 0 Å². The highest BCUT2D eigenvalue weighted by atomic mass is 32.2. The number of rotatable bonds is 6. The van der Waals surface area contributed by atoms with Gasteiger partial charge in [-0.2, -0.15) is 4.31 Å². The fraction of sp³-hybridized carbons (Fsp3) is 0.333. The number of furan rings is 1. The summed E-state index contributed by atoms with van der Waals surface area (Å²) in [6.07, 6.45) is 3.29. The van der Waals surface area contributed by atoms with Crippen molar-refractivity contribution in [2.24, 2.45) is 5.92 Å². The normalized spacial score (nSPS) is 15.4. The van der Waals surface area contributed by atoms with Crippen molar-refractivity contribution in [3.05, 3.63) is 77.2 Å². The fourth-order valence-corrected chi connectivity index (χ4v) is 6.91. The lowest BCUT2D eigenvalue weighted by Crippen LogP contribution is -2.37. The Morgan fingerprint density at radius 3 is 2.50 bits per heavy atom. The number of sulfonamides is 1. The summed E-state index contributed by atoms with van der Waals surface area (Å²) in [6, 6.07) is 13.9. The first-order valence-electron chi connectivity index (χ1n) is 12.1. The molecule has 188 valence electrons. The second-order valence-corrected chi connectivity index (χ2v) is 12.4. The van der Waals surface area contributed by atoms with Crippen LogP contribution in [0.3, 0.4) is 0 Å². The Morgan fingerprint density at radius 2 is 1.83 bits per heavy atom. The van der Waals surface area contributed by atoms with E-state index >= 15 is 0 Å². The summed E-state index contributed by atoms with van der Waals surface area (Å²) in [5.41, 5.74) is 3.50. The predicted molar refractivity (Wildman–Crippen MR) is 142 cm³/mol. The van der Waals surface area contributed by atoms with Crippen molar-refractivity contribution in [2.45, 2.75) is 45.1 Å². The Bertz CT molecular complexity index is 1480. The van der Waals surface area contributed by atoms with Gasteiger partial charge in [-0.05, 0) is 86.2 Å². The van der Waals surface area contributed by atoms with Gasteiger partial charge in [0.2, 0.25) is 10.0 Å². The first kappa shape index (κ1) is 24.7. The zero-order chi connectivity index (χ0) is 25.4. The van der Waals surface area contributed by atoms with Crippen molar-refractivity contribution in [1.29, 1.82) is 0 Å². The number of aryl methyl sites for hydroxylation is 2. The van der Waals surface area contributed by atoms with Crippen molar-refractivity contribution in [3.8, 4) is 0 Å². The number of hydrogen-bond acceptors (Lipinski definition) is 6. The molecule has 2 aromatic heterocycles. The Labute approximate surface area is 215 Å². The third kappa shape index (κ3) is 4.70. The van der Waals surface area contributed by atoms with Gasteiger partial charge in [0.05, 0.1) is 27.9 Å². The molecule has 3 heterocycles. The summed E-state index contributed by atoms with van der Waals surface area (Å²) in [5, 5.41) is 0.569. The molecule has 1 aliphatic heterocycles. The lowest BCUT2D eigenvalue weighted by molar-refractivity contribution is 0.0983. The monoisotopic (exact) mass is 523 g/mol. The SMILES string of the molecule is Cc1ccc2sc(N(Cc3ccco3)C(=O)c3ccc(S(=O)(=O)N4CCC(C)CC4)cc3)nc2c1C. The summed E-state index contributed by atoms with van der Waals surface area (Å²) >= 11 is 1.45. The van der Waals surface area contributed by atoms with E-state index in [-0.39, 0.29) is 17.3 Å². The van der Waals surface area contributed by atoms with Gasteiger partial charge < -0.3 is 4.42 Å². The number of piperidine rings is 1. The number of nitrogens with zero attached hydrogens (tertiary/aromatic N) is 3. The van der Waals surface area contributed by atoms with E-state index in [1.54, 1.807) is 33.7 Å². The molecule has 0 saturated carbocycles. The Kier molecular flexibility index (Phi) is 6.72. The van der Waals surface area contributed by atoms with E-state index in [0.29, 0.717) is 35.5 Å². The van der Waals surface area contributed by atoms with E-state index in [2.05, 4.69) is 13.0 Å². The molecule has 2 aromatic carbocycles. The number of thiazole rings is 1. The molecular weight excluding hydrogens is 494 g/mol. The zero-order valence-electron chi connectivity index (χ0n) is 20.6. The van der Waals surface area contributed by atoms with Gasteiger partial charge in [-0.3, -0.25) is 9.69 Å². The lowest BCUT2D eigenvalue weighted by Gasteiger charge is -2.29. The molecule has 36 heavy (non-hydrogen) atoms. The Balaban J connectivity index is 1.46. The molecule has 9 heteroatoms. The van der Waals surface area contributed by atoms with Crippen LogP contribution in [-0.2, 0) is 16.6 Å². The maximum absolute atomic E-state index is 13.7.